The lowest BCUT2D eigenvalue weighted by molar-refractivity contribution is -0.138. The second kappa shape index (κ2) is 5.32. The SMILES string of the molecule is Cc1nc(Oc2ccc(C#N)cc2C(F)(F)F)ccc1N. The predicted octanol–water partition coefficient (Wildman–Crippen LogP) is 3.66. The van der Waals surface area contributed by atoms with E-state index in [0.717, 1.165) is 12.1 Å². The molecule has 0 saturated carbocycles. The third-order valence-electron chi connectivity index (χ3n) is 2.73. The summed E-state index contributed by atoms with van der Waals surface area (Å²) >= 11 is 0. The van der Waals surface area contributed by atoms with E-state index in [1.165, 1.54) is 18.2 Å². The summed E-state index contributed by atoms with van der Waals surface area (Å²) in [6.45, 7) is 1.62. The summed E-state index contributed by atoms with van der Waals surface area (Å²) in [4.78, 5) is 3.95. The van der Waals surface area contributed by atoms with E-state index in [9.17, 15) is 13.2 Å². The normalized spacial score (nSPS) is 11.0. The number of benzene rings is 1. The number of nitriles is 1. The van der Waals surface area contributed by atoms with Crippen molar-refractivity contribution in [3.05, 3.63) is 47.2 Å². The fraction of sp³-hybridized carbons (Fsp3) is 0.143. The molecule has 0 spiro atoms. The van der Waals surface area contributed by atoms with Crippen LogP contribution in [-0.2, 0) is 6.18 Å². The zero-order valence-electron chi connectivity index (χ0n) is 10.9. The van der Waals surface area contributed by atoms with Crippen LogP contribution in [0.3, 0.4) is 0 Å². The molecule has 0 fully saturated rings. The average molecular weight is 293 g/mol. The van der Waals surface area contributed by atoms with Gasteiger partial charge in [0.1, 0.15) is 5.75 Å². The van der Waals surface area contributed by atoms with Gasteiger partial charge in [-0.2, -0.15) is 18.4 Å². The Kier molecular flexibility index (Phi) is 3.72. The van der Waals surface area contributed by atoms with E-state index in [1.807, 2.05) is 0 Å². The number of hydrogen-bond donors (Lipinski definition) is 1. The third kappa shape index (κ3) is 3.23. The number of rotatable bonds is 2. The number of halogens is 3. The van der Waals surface area contributed by atoms with Crippen molar-refractivity contribution in [2.24, 2.45) is 0 Å². The Morgan fingerprint density at radius 2 is 1.95 bits per heavy atom. The number of aryl methyl sites for hydroxylation is 1. The standard InChI is InChI=1S/C14H10F3N3O/c1-8-11(19)3-5-13(20-8)21-12-4-2-9(7-18)6-10(12)14(15,16)17/h2-6H,19H2,1H3. The lowest BCUT2D eigenvalue weighted by atomic mass is 10.1. The van der Waals surface area contributed by atoms with Gasteiger partial charge in [-0.05, 0) is 31.2 Å². The first kappa shape index (κ1) is 14.7. The van der Waals surface area contributed by atoms with Crippen LogP contribution in [0.15, 0.2) is 30.3 Å². The van der Waals surface area contributed by atoms with Crippen LogP contribution in [0, 0.1) is 18.3 Å². The summed E-state index contributed by atoms with van der Waals surface area (Å²) < 4.78 is 44.1. The minimum Gasteiger partial charge on any atom is -0.438 e. The molecule has 21 heavy (non-hydrogen) atoms. The molecule has 1 aromatic heterocycles. The second-order valence-corrected chi connectivity index (χ2v) is 4.25. The lowest BCUT2D eigenvalue weighted by Gasteiger charge is -2.13. The maximum Gasteiger partial charge on any atom is 0.420 e. The number of aromatic nitrogens is 1. The van der Waals surface area contributed by atoms with Gasteiger partial charge in [0.25, 0.3) is 0 Å². The van der Waals surface area contributed by atoms with Crippen LogP contribution < -0.4 is 10.5 Å². The molecule has 2 aromatic rings. The highest BCUT2D eigenvalue weighted by atomic mass is 19.4. The molecule has 0 saturated heterocycles. The van der Waals surface area contributed by atoms with E-state index in [1.54, 1.807) is 13.0 Å². The van der Waals surface area contributed by atoms with Crippen molar-refractivity contribution in [2.75, 3.05) is 5.73 Å². The fourth-order valence-corrected chi connectivity index (χ4v) is 1.63. The largest absolute Gasteiger partial charge is 0.438 e. The molecule has 0 aliphatic heterocycles. The topological polar surface area (TPSA) is 71.9 Å². The van der Waals surface area contributed by atoms with E-state index in [4.69, 9.17) is 15.7 Å². The van der Waals surface area contributed by atoms with Gasteiger partial charge in [0, 0.05) is 6.07 Å². The highest BCUT2D eigenvalue weighted by molar-refractivity contribution is 5.47. The average Bonchev–Trinajstić information content (AvgIpc) is 2.42. The van der Waals surface area contributed by atoms with Gasteiger partial charge in [-0.15, -0.1) is 0 Å². The summed E-state index contributed by atoms with van der Waals surface area (Å²) in [5.41, 5.74) is 5.32. The summed E-state index contributed by atoms with van der Waals surface area (Å²) in [5.74, 6) is -0.421. The number of hydrogen-bond acceptors (Lipinski definition) is 4. The summed E-state index contributed by atoms with van der Waals surface area (Å²) in [6, 6.07) is 7.60. The van der Waals surface area contributed by atoms with Crippen molar-refractivity contribution in [1.29, 1.82) is 5.26 Å². The van der Waals surface area contributed by atoms with Crippen LogP contribution in [0.1, 0.15) is 16.8 Å². The van der Waals surface area contributed by atoms with Crippen LogP contribution in [-0.4, -0.2) is 4.98 Å². The Morgan fingerprint density at radius 1 is 1.24 bits per heavy atom. The van der Waals surface area contributed by atoms with Crippen molar-refractivity contribution in [3.8, 4) is 17.7 Å². The monoisotopic (exact) mass is 293 g/mol. The first-order chi connectivity index (χ1) is 9.81. The van der Waals surface area contributed by atoms with Crippen LogP contribution in [0.25, 0.3) is 0 Å². The number of alkyl halides is 3. The zero-order valence-corrected chi connectivity index (χ0v) is 10.9. The number of nitrogen functional groups attached to an aromatic ring is 1. The van der Waals surface area contributed by atoms with E-state index in [0.29, 0.717) is 11.4 Å². The summed E-state index contributed by atoms with van der Waals surface area (Å²) in [6.07, 6.45) is -4.63. The van der Waals surface area contributed by atoms with Crippen molar-refractivity contribution in [3.63, 3.8) is 0 Å². The molecule has 0 aliphatic carbocycles. The Morgan fingerprint density at radius 3 is 2.52 bits per heavy atom. The van der Waals surface area contributed by atoms with Crippen LogP contribution in [0.5, 0.6) is 11.6 Å². The summed E-state index contributed by atoms with van der Waals surface area (Å²) in [5, 5.41) is 8.69. The minimum absolute atomic E-state index is 0.00286. The molecule has 108 valence electrons. The van der Waals surface area contributed by atoms with Crippen molar-refractivity contribution < 1.29 is 17.9 Å². The molecule has 7 heteroatoms. The van der Waals surface area contributed by atoms with Gasteiger partial charge >= 0.3 is 6.18 Å². The van der Waals surface area contributed by atoms with Gasteiger partial charge in [-0.3, -0.25) is 0 Å². The van der Waals surface area contributed by atoms with Crippen LogP contribution in [0.2, 0.25) is 0 Å². The van der Waals surface area contributed by atoms with Gasteiger partial charge in [-0.1, -0.05) is 0 Å². The lowest BCUT2D eigenvalue weighted by Crippen LogP contribution is -2.08. The molecule has 0 atom stereocenters. The highest BCUT2D eigenvalue weighted by Gasteiger charge is 2.35. The maximum absolute atomic E-state index is 13.0. The smallest absolute Gasteiger partial charge is 0.420 e. The zero-order chi connectivity index (χ0) is 15.6. The van der Waals surface area contributed by atoms with E-state index >= 15 is 0 Å². The first-order valence-corrected chi connectivity index (χ1v) is 5.83. The molecule has 0 bridgehead atoms. The second-order valence-electron chi connectivity index (χ2n) is 4.25. The van der Waals surface area contributed by atoms with Crippen molar-refractivity contribution in [1.82, 2.24) is 4.98 Å². The van der Waals surface area contributed by atoms with Gasteiger partial charge in [0.15, 0.2) is 0 Å². The number of anilines is 1. The molecule has 0 aliphatic rings. The number of nitrogens with zero attached hydrogens (tertiary/aromatic N) is 2. The van der Waals surface area contributed by atoms with E-state index < -0.39 is 17.5 Å². The van der Waals surface area contributed by atoms with Gasteiger partial charge in [0.2, 0.25) is 5.88 Å². The van der Waals surface area contributed by atoms with Crippen LogP contribution >= 0.6 is 0 Å². The maximum atomic E-state index is 13.0. The minimum atomic E-state index is -4.63. The third-order valence-corrected chi connectivity index (χ3v) is 2.73. The molecule has 0 amide bonds. The van der Waals surface area contributed by atoms with Gasteiger partial charge in [-0.25, -0.2) is 4.98 Å². The molecule has 0 radical (unpaired) electrons. The van der Waals surface area contributed by atoms with Crippen molar-refractivity contribution >= 4 is 5.69 Å². The molecule has 4 nitrogen and oxygen atoms in total. The predicted molar refractivity (Wildman–Crippen MR) is 69.6 cm³/mol. The molecular weight excluding hydrogens is 283 g/mol. The Labute approximate surface area is 118 Å². The Bertz CT molecular complexity index is 720. The van der Waals surface area contributed by atoms with Crippen LogP contribution in [0.4, 0.5) is 18.9 Å². The fourth-order valence-electron chi connectivity index (χ4n) is 1.63. The molecule has 2 N–H and O–H groups in total. The quantitative estimate of drug-likeness (QED) is 0.917. The summed E-state index contributed by atoms with van der Waals surface area (Å²) in [7, 11) is 0. The Hall–Kier alpha value is -2.75. The number of pyridine rings is 1. The van der Waals surface area contributed by atoms with Gasteiger partial charge < -0.3 is 10.5 Å². The van der Waals surface area contributed by atoms with Crippen molar-refractivity contribution in [2.45, 2.75) is 13.1 Å². The number of nitrogens with two attached hydrogens (primary N) is 1. The highest BCUT2D eigenvalue weighted by Crippen LogP contribution is 2.38. The molecule has 1 aromatic carbocycles. The number of ether oxygens (including phenoxy) is 1. The molecule has 1 heterocycles. The van der Waals surface area contributed by atoms with E-state index in [2.05, 4.69) is 4.98 Å². The molecule has 0 unspecified atom stereocenters. The first-order valence-electron chi connectivity index (χ1n) is 5.83. The Balaban J connectivity index is 2.44. The molecule has 2 rings (SSSR count). The van der Waals surface area contributed by atoms with E-state index in [-0.39, 0.29) is 11.4 Å². The van der Waals surface area contributed by atoms with Gasteiger partial charge in [0.05, 0.1) is 28.6 Å². The molecular formula is C14H10F3N3O.